The summed E-state index contributed by atoms with van der Waals surface area (Å²) in [6.45, 7) is 7.97. The van der Waals surface area contributed by atoms with Crippen molar-refractivity contribution in [3.63, 3.8) is 0 Å². The average molecular weight is 224 g/mol. The molecule has 1 saturated carbocycles. The van der Waals surface area contributed by atoms with Crippen LogP contribution in [0.4, 0.5) is 0 Å². The maximum atomic E-state index is 4.50. The van der Waals surface area contributed by atoms with Crippen LogP contribution in [0.5, 0.6) is 0 Å². The number of aromatic nitrogens is 1. The molecule has 2 nitrogen and oxygen atoms in total. The van der Waals surface area contributed by atoms with Crippen molar-refractivity contribution in [1.29, 1.82) is 0 Å². The quantitative estimate of drug-likeness (QED) is 0.831. The van der Waals surface area contributed by atoms with Crippen LogP contribution >= 0.6 is 11.3 Å². The van der Waals surface area contributed by atoms with Gasteiger partial charge in [0.05, 0.1) is 5.54 Å². The zero-order valence-corrected chi connectivity index (χ0v) is 10.7. The molecule has 84 valence electrons. The van der Waals surface area contributed by atoms with Gasteiger partial charge in [-0.2, -0.15) is 0 Å². The van der Waals surface area contributed by atoms with Gasteiger partial charge < -0.3 is 5.32 Å². The van der Waals surface area contributed by atoms with E-state index in [0.29, 0.717) is 5.41 Å². The van der Waals surface area contributed by atoms with E-state index in [2.05, 4.69) is 36.5 Å². The first-order chi connectivity index (χ1) is 7.12. The molecule has 1 aromatic rings. The van der Waals surface area contributed by atoms with E-state index < -0.39 is 0 Å². The van der Waals surface area contributed by atoms with E-state index in [0.717, 1.165) is 6.54 Å². The third kappa shape index (κ3) is 1.83. The lowest BCUT2D eigenvalue weighted by atomic mass is 9.84. The van der Waals surface area contributed by atoms with Gasteiger partial charge in [0, 0.05) is 11.6 Å². The molecule has 0 amide bonds. The Bertz CT molecular complexity index is 316. The SMILES string of the molecule is CCCNC(C)(c1nccs1)C1(C)CC1. The molecular weight excluding hydrogens is 204 g/mol. The van der Waals surface area contributed by atoms with Crippen LogP contribution in [0, 0.1) is 5.41 Å². The lowest BCUT2D eigenvalue weighted by molar-refractivity contribution is 0.226. The number of hydrogen-bond acceptors (Lipinski definition) is 3. The smallest absolute Gasteiger partial charge is 0.113 e. The van der Waals surface area contributed by atoms with Crippen LogP contribution in [-0.4, -0.2) is 11.5 Å². The first kappa shape index (κ1) is 11.1. The molecule has 0 radical (unpaired) electrons. The fraction of sp³-hybridized carbons (Fsp3) is 0.750. The predicted molar refractivity (Wildman–Crippen MR) is 65.1 cm³/mol. The van der Waals surface area contributed by atoms with Crippen molar-refractivity contribution in [2.75, 3.05) is 6.54 Å². The normalized spacial score (nSPS) is 22.3. The van der Waals surface area contributed by atoms with Gasteiger partial charge in [-0.25, -0.2) is 4.98 Å². The zero-order valence-electron chi connectivity index (χ0n) is 9.84. The van der Waals surface area contributed by atoms with E-state index in [-0.39, 0.29) is 5.54 Å². The van der Waals surface area contributed by atoms with Crippen molar-refractivity contribution in [2.45, 2.75) is 45.6 Å². The van der Waals surface area contributed by atoms with E-state index in [4.69, 9.17) is 0 Å². The molecule has 0 bridgehead atoms. The molecule has 0 aliphatic heterocycles. The Balaban J connectivity index is 2.23. The van der Waals surface area contributed by atoms with Gasteiger partial charge in [-0.05, 0) is 38.1 Å². The Kier molecular flexibility index (Phi) is 2.86. The number of hydrogen-bond donors (Lipinski definition) is 1. The lowest BCUT2D eigenvalue weighted by Gasteiger charge is -2.35. The van der Waals surface area contributed by atoms with Crippen LogP contribution in [0.15, 0.2) is 11.6 Å². The largest absolute Gasteiger partial charge is 0.305 e. The molecule has 0 saturated heterocycles. The van der Waals surface area contributed by atoms with Gasteiger partial charge in [-0.3, -0.25) is 0 Å². The number of nitrogens with one attached hydrogen (secondary N) is 1. The molecule has 15 heavy (non-hydrogen) atoms. The Labute approximate surface area is 96.1 Å². The van der Waals surface area contributed by atoms with E-state index >= 15 is 0 Å². The van der Waals surface area contributed by atoms with Gasteiger partial charge in [-0.15, -0.1) is 11.3 Å². The topological polar surface area (TPSA) is 24.9 Å². The van der Waals surface area contributed by atoms with Crippen molar-refractivity contribution in [2.24, 2.45) is 5.41 Å². The minimum absolute atomic E-state index is 0.0805. The van der Waals surface area contributed by atoms with Gasteiger partial charge in [-0.1, -0.05) is 13.8 Å². The highest BCUT2D eigenvalue weighted by Gasteiger charge is 2.54. The van der Waals surface area contributed by atoms with Crippen LogP contribution in [-0.2, 0) is 5.54 Å². The molecule has 1 N–H and O–H groups in total. The summed E-state index contributed by atoms with van der Waals surface area (Å²) in [7, 11) is 0. The Morgan fingerprint density at radius 3 is 2.80 bits per heavy atom. The molecule has 1 aliphatic rings. The minimum atomic E-state index is 0.0805. The third-order valence-corrected chi connectivity index (χ3v) is 4.79. The highest BCUT2D eigenvalue weighted by molar-refractivity contribution is 7.09. The monoisotopic (exact) mass is 224 g/mol. The van der Waals surface area contributed by atoms with Crippen LogP contribution in [0.25, 0.3) is 0 Å². The second-order valence-electron chi connectivity index (χ2n) is 4.95. The lowest BCUT2D eigenvalue weighted by Crippen LogP contribution is -2.46. The van der Waals surface area contributed by atoms with Gasteiger partial charge in [0.2, 0.25) is 0 Å². The fourth-order valence-electron chi connectivity index (χ4n) is 2.08. The Hall–Kier alpha value is -0.410. The molecule has 1 atom stereocenters. The summed E-state index contributed by atoms with van der Waals surface area (Å²) in [5, 5.41) is 7.02. The summed E-state index contributed by atoms with van der Waals surface area (Å²) in [6.07, 6.45) is 5.73. The third-order valence-electron chi connectivity index (χ3n) is 3.80. The molecule has 3 heteroatoms. The molecule has 1 unspecified atom stereocenters. The zero-order chi connectivity index (χ0) is 10.9. The maximum absolute atomic E-state index is 4.50. The molecule has 2 rings (SSSR count). The second kappa shape index (κ2) is 3.87. The van der Waals surface area contributed by atoms with E-state index in [1.54, 1.807) is 11.3 Å². The first-order valence-electron chi connectivity index (χ1n) is 5.77. The van der Waals surface area contributed by atoms with Crippen molar-refractivity contribution in [3.8, 4) is 0 Å². The number of rotatable bonds is 5. The van der Waals surface area contributed by atoms with Crippen molar-refractivity contribution in [1.82, 2.24) is 10.3 Å². The predicted octanol–water partition coefficient (Wildman–Crippen LogP) is 3.16. The summed E-state index contributed by atoms with van der Waals surface area (Å²) >= 11 is 1.77. The van der Waals surface area contributed by atoms with Gasteiger partial charge in [0.1, 0.15) is 5.01 Å². The minimum Gasteiger partial charge on any atom is -0.305 e. The van der Waals surface area contributed by atoms with Crippen LogP contribution in [0.2, 0.25) is 0 Å². The molecule has 1 heterocycles. The highest BCUT2D eigenvalue weighted by Crippen LogP contribution is 2.58. The van der Waals surface area contributed by atoms with Crippen LogP contribution in [0.1, 0.15) is 45.0 Å². The molecule has 0 aromatic carbocycles. The highest BCUT2D eigenvalue weighted by atomic mass is 32.1. The summed E-state index contributed by atoms with van der Waals surface area (Å²) in [4.78, 5) is 4.50. The number of nitrogens with zero attached hydrogens (tertiary/aromatic N) is 1. The maximum Gasteiger partial charge on any atom is 0.113 e. The van der Waals surface area contributed by atoms with Gasteiger partial charge in [0.25, 0.3) is 0 Å². The Morgan fingerprint density at radius 1 is 1.60 bits per heavy atom. The summed E-state index contributed by atoms with van der Waals surface area (Å²) in [5.41, 5.74) is 0.497. The van der Waals surface area contributed by atoms with Gasteiger partial charge in [0.15, 0.2) is 0 Å². The first-order valence-corrected chi connectivity index (χ1v) is 6.65. The standard InChI is InChI=1S/C12H20N2S/c1-4-7-14-12(3,11(2)5-6-11)10-13-8-9-15-10/h8-9,14H,4-7H2,1-3H3. The van der Waals surface area contributed by atoms with Gasteiger partial charge >= 0.3 is 0 Å². The van der Waals surface area contributed by atoms with Crippen molar-refractivity contribution >= 4 is 11.3 Å². The molecule has 0 spiro atoms. The summed E-state index contributed by atoms with van der Waals surface area (Å²) < 4.78 is 0. The van der Waals surface area contributed by atoms with Crippen molar-refractivity contribution in [3.05, 3.63) is 16.6 Å². The summed E-state index contributed by atoms with van der Waals surface area (Å²) in [6, 6.07) is 0. The fourth-order valence-corrected chi connectivity index (χ4v) is 3.01. The Morgan fingerprint density at radius 2 is 2.33 bits per heavy atom. The summed E-state index contributed by atoms with van der Waals surface area (Å²) in [5.74, 6) is 0. The van der Waals surface area contributed by atoms with Crippen LogP contribution < -0.4 is 5.32 Å². The number of thiazole rings is 1. The van der Waals surface area contributed by atoms with Crippen molar-refractivity contribution < 1.29 is 0 Å². The van der Waals surface area contributed by atoms with E-state index in [1.807, 2.05) is 6.20 Å². The molecule has 1 aromatic heterocycles. The molecule has 1 aliphatic carbocycles. The molecule has 1 fully saturated rings. The van der Waals surface area contributed by atoms with E-state index in [9.17, 15) is 0 Å². The molecular formula is C12H20N2S. The average Bonchev–Trinajstić information content (AvgIpc) is 2.80. The van der Waals surface area contributed by atoms with E-state index in [1.165, 1.54) is 24.3 Å². The second-order valence-corrected chi connectivity index (χ2v) is 5.84. The van der Waals surface area contributed by atoms with Crippen LogP contribution in [0.3, 0.4) is 0 Å².